The van der Waals surface area contributed by atoms with Crippen LogP contribution < -0.4 is 0 Å². The van der Waals surface area contributed by atoms with Gasteiger partial charge in [-0.05, 0) is 43.7 Å². The molecule has 3 aromatic heterocycles. The average Bonchev–Trinajstić information content (AvgIpc) is 3.16. The van der Waals surface area contributed by atoms with Crippen LogP contribution in [0, 0.1) is 24.8 Å². The summed E-state index contributed by atoms with van der Waals surface area (Å²) in [6.45, 7) is 11.5. The Morgan fingerprint density at radius 3 is 2.93 bits per heavy atom. The van der Waals surface area contributed by atoms with Crippen molar-refractivity contribution in [1.29, 1.82) is 0 Å². The molecule has 1 aliphatic rings. The van der Waals surface area contributed by atoms with Crippen molar-refractivity contribution in [3.63, 3.8) is 0 Å². The molecule has 0 amide bonds. The highest BCUT2D eigenvalue weighted by Gasteiger charge is 2.45. The molecule has 1 fully saturated rings. The second-order valence-corrected chi connectivity index (χ2v) is 8.20. The second-order valence-electron chi connectivity index (χ2n) is 8.20. The van der Waals surface area contributed by atoms with Crippen LogP contribution in [0.4, 0.5) is 5.69 Å². The zero-order valence-electron chi connectivity index (χ0n) is 17.3. The van der Waals surface area contributed by atoms with E-state index in [9.17, 15) is 9.90 Å². The van der Waals surface area contributed by atoms with Crippen molar-refractivity contribution in [2.45, 2.75) is 52.4 Å². The second kappa shape index (κ2) is 7.86. The summed E-state index contributed by atoms with van der Waals surface area (Å²) in [5.74, 6) is -0.128. The molecule has 1 unspecified atom stereocenters. The summed E-state index contributed by atoms with van der Waals surface area (Å²) in [5, 5.41) is 10.9. The third kappa shape index (κ3) is 3.32. The first kappa shape index (κ1) is 20.0. The van der Waals surface area contributed by atoms with E-state index in [-0.39, 0.29) is 5.92 Å². The maximum atomic E-state index is 12.1. The quantitative estimate of drug-likeness (QED) is 0.578. The molecule has 0 aromatic carbocycles. The van der Waals surface area contributed by atoms with Gasteiger partial charge < -0.3 is 10.1 Å². The van der Waals surface area contributed by atoms with Gasteiger partial charge in [0.05, 0.1) is 17.7 Å². The molecule has 3 heterocycles. The number of nitrogens with zero attached hydrogens (tertiary/aromatic N) is 4. The number of hydrogen-bond acceptors (Lipinski definition) is 4. The Hall–Kier alpha value is -3.27. The molecule has 7 heteroatoms. The van der Waals surface area contributed by atoms with E-state index in [1.807, 2.05) is 26.1 Å². The van der Waals surface area contributed by atoms with Crippen molar-refractivity contribution < 1.29 is 9.90 Å². The number of carboxylic acids is 1. The summed E-state index contributed by atoms with van der Waals surface area (Å²) in [6, 6.07) is 2.03. The van der Waals surface area contributed by atoms with Crippen molar-refractivity contribution in [3.05, 3.63) is 47.5 Å². The van der Waals surface area contributed by atoms with E-state index in [1.165, 1.54) is 0 Å². The van der Waals surface area contributed by atoms with Gasteiger partial charge in [-0.3, -0.25) is 9.78 Å². The van der Waals surface area contributed by atoms with Crippen molar-refractivity contribution in [2.75, 3.05) is 0 Å². The van der Waals surface area contributed by atoms with Crippen LogP contribution >= 0.6 is 0 Å². The SMILES string of the molecule is [C-]#[N+]c1cnc(CC2CCCC[C@]2(CC)C(=O)O)nc1-c1c[nH]c2ncc(C)cc12. The van der Waals surface area contributed by atoms with E-state index in [0.717, 1.165) is 41.4 Å². The summed E-state index contributed by atoms with van der Waals surface area (Å²) in [7, 11) is 0. The molecule has 0 bridgehead atoms. The van der Waals surface area contributed by atoms with Gasteiger partial charge >= 0.3 is 5.97 Å². The first-order chi connectivity index (χ1) is 14.5. The molecule has 30 heavy (non-hydrogen) atoms. The predicted molar refractivity (Wildman–Crippen MR) is 114 cm³/mol. The van der Waals surface area contributed by atoms with Gasteiger partial charge in [0.2, 0.25) is 5.69 Å². The van der Waals surface area contributed by atoms with Gasteiger partial charge in [-0.15, -0.1) is 0 Å². The number of aromatic nitrogens is 4. The Balaban J connectivity index is 1.75. The van der Waals surface area contributed by atoms with E-state index in [4.69, 9.17) is 11.6 Å². The number of nitrogens with one attached hydrogen (secondary N) is 1. The monoisotopic (exact) mass is 403 g/mol. The molecule has 7 nitrogen and oxygen atoms in total. The van der Waals surface area contributed by atoms with Crippen molar-refractivity contribution >= 4 is 22.7 Å². The van der Waals surface area contributed by atoms with Gasteiger partial charge in [-0.1, -0.05) is 19.8 Å². The highest BCUT2D eigenvalue weighted by molar-refractivity contribution is 5.96. The third-order valence-electron chi connectivity index (χ3n) is 6.56. The number of aliphatic carboxylic acids is 1. The van der Waals surface area contributed by atoms with E-state index in [2.05, 4.69) is 19.8 Å². The van der Waals surface area contributed by atoms with Crippen LogP contribution in [-0.2, 0) is 11.2 Å². The Kier molecular flexibility index (Phi) is 5.25. The van der Waals surface area contributed by atoms with Crippen LogP contribution in [0.15, 0.2) is 24.7 Å². The van der Waals surface area contributed by atoms with Crippen molar-refractivity contribution in [1.82, 2.24) is 19.9 Å². The number of hydrogen-bond donors (Lipinski definition) is 2. The van der Waals surface area contributed by atoms with Crippen LogP contribution in [-0.4, -0.2) is 31.0 Å². The van der Waals surface area contributed by atoms with E-state index >= 15 is 0 Å². The maximum Gasteiger partial charge on any atom is 0.309 e. The lowest BCUT2D eigenvalue weighted by Crippen LogP contribution is -2.41. The standard InChI is InChI=1S/C23H25N5O2/c1-4-23(22(29)30)8-6-5-7-15(23)10-19-25-13-18(24-3)20(28-19)17-12-27-21-16(17)9-14(2)11-26-21/h9,11-13,15H,4-8,10H2,1-2H3,(H,26,27)(H,29,30)/t15?,23-/m0/s1. The van der Waals surface area contributed by atoms with Crippen LogP contribution in [0.2, 0.25) is 0 Å². The highest BCUT2D eigenvalue weighted by atomic mass is 16.4. The summed E-state index contributed by atoms with van der Waals surface area (Å²) >= 11 is 0. The largest absolute Gasteiger partial charge is 0.481 e. The number of aromatic amines is 1. The number of fused-ring (bicyclic) bond motifs is 1. The molecule has 0 spiro atoms. The number of pyridine rings is 1. The zero-order valence-corrected chi connectivity index (χ0v) is 17.3. The van der Waals surface area contributed by atoms with E-state index in [1.54, 1.807) is 12.4 Å². The third-order valence-corrected chi connectivity index (χ3v) is 6.56. The number of aryl methyl sites for hydroxylation is 1. The lowest BCUT2D eigenvalue weighted by molar-refractivity contribution is -0.155. The van der Waals surface area contributed by atoms with E-state index in [0.29, 0.717) is 36.5 Å². The fourth-order valence-corrected chi connectivity index (χ4v) is 4.82. The molecule has 0 saturated heterocycles. The molecule has 1 saturated carbocycles. The molecular weight excluding hydrogens is 378 g/mol. The van der Waals surface area contributed by atoms with Gasteiger partial charge in [-0.25, -0.2) is 14.8 Å². The molecule has 1 aliphatic carbocycles. The molecule has 0 radical (unpaired) electrons. The molecule has 154 valence electrons. The van der Waals surface area contributed by atoms with Crippen LogP contribution in [0.3, 0.4) is 0 Å². The minimum atomic E-state index is -0.720. The average molecular weight is 403 g/mol. The van der Waals surface area contributed by atoms with Gasteiger partial charge in [0.25, 0.3) is 0 Å². The molecule has 0 aliphatic heterocycles. The first-order valence-corrected chi connectivity index (χ1v) is 10.4. The van der Waals surface area contributed by atoms with Gasteiger partial charge in [0.15, 0.2) is 0 Å². The Morgan fingerprint density at radius 2 is 2.20 bits per heavy atom. The lowest BCUT2D eigenvalue weighted by atomic mass is 9.63. The molecular formula is C23H25N5O2. The summed E-state index contributed by atoms with van der Waals surface area (Å²) in [4.78, 5) is 32.5. The van der Waals surface area contributed by atoms with Crippen LogP contribution in [0.25, 0.3) is 27.1 Å². The molecule has 2 atom stereocenters. The Morgan fingerprint density at radius 1 is 1.37 bits per heavy atom. The lowest BCUT2D eigenvalue weighted by Gasteiger charge is -2.40. The van der Waals surface area contributed by atoms with Crippen molar-refractivity contribution in [2.24, 2.45) is 11.3 Å². The number of H-pyrrole nitrogens is 1. The summed E-state index contributed by atoms with van der Waals surface area (Å²) in [6.07, 6.45) is 9.82. The smallest absolute Gasteiger partial charge is 0.309 e. The Bertz CT molecular complexity index is 1150. The number of carbonyl (C=O) groups is 1. The fourth-order valence-electron chi connectivity index (χ4n) is 4.82. The normalized spacial score (nSPS) is 21.4. The van der Waals surface area contributed by atoms with Crippen LogP contribution in [0.1, 0.15) is 50.4 Å². The molecule has 3 aromatic rings. The number of rotatable bonds is 5. The predicted octanol–water partition coefficient (Wildman–Crippen LogP) is 5.09. The fraction of sp³-hybridized carbons (Fsp3) is 0.435. The Labute approximate surface area is 175 Å². The van der Waals surface area contributed by atoms with Crippen molar-refractivity contribution in [3.8, 4) is 11.3 Å². The molecule has 2 N–H and O–H groups in total. The maximum absolute atomic E-state index is 12.1. The van der Waals surface area contributed by atoms with Gasteiger partial charge in [0, 0.05) is 36.0 Å². The summed E-state index contributed by atoms with van der Waals surface area (Å²) < 4.78 is 0. The van der Waals surface area contributed by atoms with Crippen LogP contribution in [0.5, 0.6) is 0 Å². The van der Waals surface area contributed by atoms with Gasteiger partial charge in [0.1, 0.15) is 11.5 Å². The minimum Gasteiger partial charge on any atom is -0.481 e. The first-order valence-electron chi connectivity index (χ1n) is 10.4. The van der Waals surface area contributed by atoms with Gasteiger partial charge in [-0.2, -0.15) is 0 Å². The van der Waals surface area contributed by atoms with E-state index < -0.39 is 11.4 Å². The highest BCUT2D eigenvalue weighted by Crippen LogP contribution is 2.46. The zero-order chi connectivity index (χ0) is 21.3. The number of carboxylic acid groups (broad SMARTS) is 1. The topological polar surface area (TPSA) is 96.1 Å². The minimum absolute atomic E-state index is 0.00716. The molecule has 4 rings (SSSR count). The summed E-state index contributed by atoms with van der Waals surface area (Å²) in [5.41, 5.74) is 2.82.